The van der Waals surface area contributed by atoms with Gasteiger partial charge in [0.15, 0.2) is 0 Å². The monoisotopic (exact) mass is 228 g/mol. The largest absolute Gasteiger partial charge is 0.480 e. The molecule has 0 rings (SSSR count). The summed E-state index contributed by atoms with van der Waals surface area (Å²) in [4.78, 5) is 22.1. The first-order chi connectivity index (χ1) is 7.47. The molecule has 5 heteroatoms. The van der Waals surface area contributed by atoms with E-state index in [2.05, 4.69) is 10.6 Å². The Morgan fingerprint density at radius 1 is 1.38 bits per heavy atom. The van der Waals surface area contributed by atoms with Gasteiger partial charge < -0.3 is 15.7 Å². The molecule has 0 aliphatic rings. The number of carbonyl (C=O) groups is 2. The molecule has 0 aliphatic heterocycles. The molecule has 1 atom stereocenters. The number of nitrogens with one attached hydrogen (secondary N) is 2. The summed E-state index contributed by atoms with van der Waals surface area (Å²) in [6.45, 7) is 6.14. The topological polar surface area (TPSA) is 78.4 Å². The number of carboxylic acids is 1. The van der Waals surface area contributed by atoms with Crippen molar-refractivity contribution in [2.24, 2.45) is 0 Å². The smallest absolute Gasteiger partial charge is 0.326 e. The Morgan fingerprint density at radius 3 is 2.44 bits per heavy atom. The van der Waals surface area contributed by atoms with E-state index in [9.17, 15) is 9.59 Å². The van der Waals surface area contributed by atoms with Crippen LogP contribution in [0, 0.1) is 0 Å². The van der Waals surface area contributed by atoms with Gasteiger partial charge in [-0.3, -0.25) is 0 Å². The fourth-order valence-corrected chi connectivity index (χ4v) is 1.10. The van der Waals surface area contributed by atoms with Crippen LogP contribution in [-0.4, -0.2) is 29.7 Å². The van der Waals surface area contributed by atoms with E-state index in [0.717, 1.165) is 5.57 Å². The highest BCUT2D eigenvalue weighted by Gasteiger charge is 2.17. The maximum atomic E-state index is 11.3. The molecule has 0 aromatic heterocycles. The van der Waals surface area contributed by atoms with E-state index in [1.807, 2.05) is 26.8 Å². The van der Waals surface area contributed by atoms with Crippen LogP contribution < -0.4 is 10.6 Å². The van der Waals surface area contributed by atoms with Gasteiger partial charge in [0.1, 0.15) is 6.04 Å². The molecule has 3 N–H and O–H groups in total. The lowest BCUT2D eigenvalue weighted by Crippen LogP contribution is -2.45. The number of urea groups is 1. The van der Waals surface area contributed by atoms with Gasteiger partial charge in [0.2, 0.25) is 0 Å². The van der Waals surface area contributed by atoms with Gasteiger partial charge in [0, 0.05) is 6.54 Å². The minimum Gasteiger partial charge on any atom is -0.480 e. The molecule has 0 radical (unpaired) electrons. The van der Waals surface area contributed by atoms with Crippen molar-refractivity contribution in [2.45, 2.75) is 39.7 Å². The summed E-state index contributed by atoms with van der Waals surface area (Å²) >= 11 is 0. The highest BCUT2D eigenvalue weighted by atomic mass is 16.4. The van der Waals surface area contributed by atoms with Crippen molar-refractivity contribution in [2.75, 3.05) is 6.54 Å². The average molecular weight is 228 g/mol. The minimum absolute atomic E-state index is 0.409. The summed E-state index contributed by atoms with van der Waals surface area (Å²) in [7, 11) is 0. The maximum Gasteiger partial charge on any atom is 0.326 e. The third kappa shape index (κ3) is 6.86. The molecule has 0 aromatic carbocycles. The van der Waals surface area contributed by atoms with Crippen LogP contribution in [0.4, 0.5) is 4.79 Å². The van der Waals surface area contributed by atoms with Crippen LogP contribution in [-0.2, 0) is 4.79 Å². The number of carboxylic acid groups (broad SMARTS) is 1. The van der Waals surface area contributed by atoms with Crippen LogP contribution in [0.3, 0.4) is 0 Å². The maximum absolute atomic E-state index is 11.3. The lowest BCUT2D eigenvalue weighted by molar-refractivity contribution is -0.139. The highest BCUT2D eigenvalue weighted by Crippen LogP contribution is 1.96. The van der Waals surface area contributed by atoms with Crippen molar-refractivity contribution >= 4 is 12.0 Å². The summed E-state index contributed by atoms with van der Waals surface area (Å²) < 4.78 is 0. The van der Waals surface area contributed by atoms with Gasteiger partial charge in [0.25, 0.3) is 0 Å². The van der Waals surface area contributed by atoms with Crippen molar-refractivity contribution in [3.05, 3.63) is 11.6 Å². The van der Waals surface area contributed by atoms with E-state index in [0.29, 0.717) is 19.4 Å². The summed E-state index contributed by atoms with van der Waals surface area (Å²) in [6, 6.07) is -1.25. The molecule has 0 aromatic rings. The van der Waals surface area contributed by atoms with Gasteiger partial charge in [-0.2, -0.15) is 0 Å². The summed E-state index contributed by atoms with van der Waals surface area (Å²) in [5.41, 5.74) is 1.10. The van der Waals surface area contributed by atoms with Gasteiger partial charge in [-0.15, -0.1) is 0 Å². The number of allylic oxidation sites excluding steroid dienone is 1. The second kappa shape index (κ2) is 7.73. The van der Waals surface area contributed by atoms with Crippen LogP contribution in [0.1, 0.15) is 33.6 Å². The molecule has 5 nitrogen and oxygen atoms in total. The summed E-state index contributed by atoms with van der Waals surface area (Å²) in [6.07, 6.45) is 3.01. The fourth-order valence-electron chi connectivity index (χ4n) is 1.10. The predicted molar refractivity (Wildman–Crippen MR) is 62.3 cm³/mol. The van der Waals surface area contributed by atoms with E-state index in [1.165, 1.54) is 0 Å². The Hall–Kier alpha value is -1.52. The highest BCUT2D eigenvalue weighted by molar-refractivity contribution is 5.82. The zero-order valence-corrected chi connectivity index (χ0v) is 10.0. The molecule has 0 spiro atoms. The molecule has 2 amide bonds. The van der Waals surface area contributed by atoms with Gasteiger partial charge in [-0.05, 0) is 20.3 Å². The van der Waals surface area contributed by atoms with E-state index in [-0.39, 0.29) is 0 Å². The number of hydrogen-bond donors (Lipinski definition) is 3. The molecule has 0 bridgehead atoms. The van der Waals surface area contributed by atoms with Crippen LogP contribution in [0.15, 0.2) is 11.6 Å². The summed E-state index contributed by atoms with van der Waals surface area (Å²) in [5.74, 6) is -1.00. The van der Waals surface area contributed by atoms with E-state index < -0.39 is 18.0 Å². The first kappa shape index (κ1) is 14.5. The first-order valence-corrected chi connectivity index (χ1v) is 5.38. The second-order valence-electron chi connectivity index (χ2n) is 3.82. The zero-order chi connectivity index (χ0) is 12.6. The normalized spacial score (nSPS) is 11.4. The van der Waals surface area contributed by atoms with Crippen molar-refractivity contribution in [1.82, 2.24) is 10.6 Å². The summed E-state index contributed by atoms with van der Waals surface area (Å²) in [5, 5.41) is 13.8. The molecule has 0 saturated heterocycles. The van der Waals surface area contributed by atoms with Gasteiger partial charge >= 0.3 is 12.0 Å². The van der Waals surface area contributed by atoms with Crippen molar-refractivity contribution in [1.29, 1.82) is 0 Å². The number of amides is 2. The van der Waals surface area contributed by atoms with Crippen molar-refractivity contribution in [3.8, 4) is 0 Å². The van der Waals surface area contributed by atoms with Crippen LogP contribution in [0.25, 0.3) is 0 Å². The Labute approximate surface area is 95.9 Å². The SMILES string of the molecule is CCC[C@@H](NC(=O)NCC=C(C)C)C(=O)O. The Kier molecular flexibility index (Phi) is 7.00. The molecule has 0 heterocycles. The van der Waals surface area contributed by atoms with Crippen LogP contribution >= 0.6 is 0 Å². The Morgan fingerprint density at radius 2 is 2.00 bits per heavy atom. The molecular formula is C11H20N2O3. The third-order valence-electron chi connectivity index (χ3n) is 1.95. The Bertz CT molecular complexity index is 270. The predicted octanol–water partition coefficient (Wildman–Crippen LogP) is 1.51. The van der Waals surface area contributed by atoms with E-state index in [1.54, 1.807) is 0 Å². The molecule has 16 heavy (non-hydrogen) atoms. The van der Waals surface area contributed by atoms with Crippen molar-refractivity contribution < 1.29 is 14.7 Å². The molecule has 92 valence electrons. The fraction of sp³-hybridized carbons (Fsp3) is 0.636. The van der Waals surface area contributed by atoms with Crippen molar-refractivity contribution in [3.63, 3.8) is 0 Å². The molecule has 0 unspecified atom stereocenters. The average Bonchev–Trinajstić information content (AvgIpc) is 2.16. The number of aliphatic carboxylic acids is 1. The zero-order valence-electron chi connectivity index (χ0n) is 10.0. The number of hydrogen-bond acceptors (Lipinski definition) is 2. The molecule has 0 saturated carbocycles. The minimum atomic E-state index is -1.00. The first-order valence-electron chi connectivity index (χ1n) is 5.38. The van der Waals surface area contributed by atoms with Crippen LogP contribution in [0.2, 0.25) is 0 Å². The third-order valence-corrected chi connectivity index (χ3v) is 1.95. The van der Waals surface area contributed by atoms with Gasteiger partial charge in [0.05, 0.1) is 0 Å². The van der Waals surface area contributed by atoms with E-state index >= 15 is 0 Å². The quantitative estimate of drug-likeness (QED) is 0.603. The Balaban J connectivity index is 4.00. The van der Waals surface area contributed by atoms with Crippen LogP contribution in [0.5, 0.6) is 0 Å². The number of carbonyl (C=O) groups excluding carboxylic acids is 1. The van der Waals surface area contributed by atoms with Gasteiger partial charge in [-0.1, -0.05) is 25.0 Å². The molecular weight excluding hydrogens is 208 g/mol. The number of rotatable bonds is 6. The van der Waals surface area contributed by atoms with Gasteiger partial charge in [-0.25, -0.2) is 9.59 Å². The van der Waals surface area contributed by atoms with E-state index in [4.69, 9.17) is 5.11 Å². The second-order valence-corrected chi connectivity index (χ2v) is 3.82. The molecule has 0 fully saturated rings. The molecule has 0 aliphatic carbocycles. The standard InChI is InChI=1S/C11H20N2O3/c1-4-5-9(10(14)15)13-11(16)12-7-6-8(2)3/h6,9H,4-5,7H2,1-3H3,(H,14,15)(H2,12,13,16)/t9-/m1/s1. The lowest BCUT2D eigenvalue weighted by atomic mass is 10.2. The lowest BCUT2D eigenvalue weighted by Gasteiger charge is -2.13.